The van der Waals surface area contributed by atoms with E-state index in [0.717, 1.165) is 32.2 Å². The average molecular weight is 286 g/mol. The highest BCUT2D eigenvalue weighted by atomic mass is 16.2. The number of likely N-dealkylation sites (tertiary alicyclic amines) is 2. The summed E-state index contributed by atoms with van der Waals surface area (Å²) in [6.45, 7) is 8.46. The minimum Gasteiger partial charge on any atom is -0.329 e. The second-order valence-corrected chi connectivity index (χ2v) is 6.82. The van der Waals surface area contributed by atoms with Crippen molar-refractivity contribution in [2.75, 3.05) is 26.3 Å². The molecule has 1 aromatic rings. The minimum absolute atomic E-state index is 0.321. The standard InChI is InChI=1S/C18H26N2O/c1-14-7-9-19(10-8-14)13-20-12-16(11-18(20)21)17-6-4-3-5-15(17)2/h3-6,14,16H,7-13H2,1-2H3/t16-/m1/s1. The number of rotatable bonds is 3. The SMILES string of the molecule is Cc1ccccc1[C@@H]1CC(=O)N(CN2CCC(C)CC2)C1. The van der Waals surface area contributed by atoms with E-state index in [4.69, 9.17) is 0 Å². The highest BCUT2D eigenvalue weighted by molar-refractivity contribution is 5.79. The Hall–Kier alpha value is -1.35. The fourth-order valence-corrected chi connectivity index (χ4v) is 3.61. The van der Waals surface area contributed by atoms with Crippen LogP contribution >= 0.6 is 0 Å². The number of aryl methyl sites for hydroxylation is 1. The van der Waals surface area contributed by atoms with Crippen LogP contribution in [0.1, 0.15) is 43.2 Å². The van der Waals surface area contributed by atoms with Gasteiger partial charge in [0.15, 0.2) is 0 Å². The van der Waals surface area contributed by atoms with Gasteiger partial charge >= 0.3 is 0 Å². The fraction of sp³-hybridized carbons (Fsp3) is 0.611. The molecule has 0 aliphatic carbocycles. The van der Waals surface area contributed by atoms with Crippen molar-refractivity contribution in [2.45, 2.75) is 39.0 Å². The maximum Gasteiger partial charge on any atom is 0.224 e. The van der Waals surface area contributed by atoms with Crippen LogP contribution in [0.15, 0.2) is 24.3 Å². The van der Waals surface area contributed by atoms with Crippen LogP contribution in [0.5, 0.6) is 0 Å². The predicted octanol–water partition coefficient (Wildman–Crippen LogP) is 3.00. The summed E-state index contributed by atoms with van der Waals surface area (Å²) in [4.78, 5) is 16.8. The first kappa shape index (κ1) is 14.6. The molecule has 21 heavy (non-hydrogen) atoms. The van der Waals surface area contributed by atoms with E-state index in [1.54, 1.807) is 0 Å². The molecule has 1 amide bonds. The van der Waals surface area contributed by atoms with Crippen molar-refractivity contribution in [3.63, 3.8) is 0 Å². The van der Waals surface area contributed by atoms with Crippen LogP contribution in [0.4, 0.5) is 0 Å². The number of carbonyl (C=O) groups excluding carboxylic acids is 1. The van der Waals surface area contributed by atoms with Gasteiger partial charge in [0, 0.05) is 32.0 Å². The molecule has 0 bridgehead atoms. The van der Waals surface area contributed by atoms with Crippen LogP contribution < -0.4 is 0 Å². The molecule has 3 heteroatoms. The molecule has 0 unspecified atom stereocenters. The summed E-state index contributed by atoms with van der Waals surface area (Å²) in [5, 5.41) is 0. The molecule has 1 atom stereocenters. The topological polar surface area (TPSA) is 23.6 Å². The average Bonchev–Trinajstić information content (AvgIpc) is 2.83. The van der Waals surface area contributed by atoms with Crippen LogP contribution in [0, 0.1) is 12.8 Å². The van der Waals surface area contributed by atoms with Crippen LogP contribution in [0.25, 0.3) is 0 Å². The van der Waals surface area contributed by atoms with E-state index in [9.17, 15) is 4.79 Å². The molecule has 0 radical (unpaired) electrons. The largest absolute Gasteiger partial charge is 0.329 e. The van der Waals surface area contributed by atoms with E-state index < -0.39 is 0 Å². The second kappa shape index (κ2) is 6.18. The Morgan fingerprint density at radius 1 is 1.19 bits per heavy atom. The number of benzene rings is 1. The van der Waals surface area contributed by atoms with Gasteiger partial charge in [-0.15, -0.1) is 0 Å². The van der Waals surface area contributed by atoms with Crippen molar-refractivity contribution in [1.29, 1.82) is 0 Å². The lowest BCUT2D eigenvalue weighted by Gasteiger charge is -2.33. The van der Waals surface area contributed by atoms with Gasteiger partial charge in [0.05, 0.1) is 6.67 Å². The van der Waals surface area contributed by atoms with Gasteiger partial charge in [-0.3, -0.25) is 9.69 Å². The second-order valence-electron chi connectivity index (χ2n) is 6.82. The van der Waals surface area contributed by atoms with Gasteiger partial charge in [0.25, 0.3) is 0 Å². The Balaban J connectivity index is 1.61. The van der Waals surface area contributed by atoms with Crippen LogP contribution in [0.3, 0.4) is 0 Å². The number of nitrogens with zero attached hydrogens (tertiary/aromatic N) is 2. The Morgan fingerprint density at radius 2 is 1.90 bits per heavy atom. The zero-order valence-corrected chi connectivity index (χ0v) is 13.2. The molecule has 0 spiro atoms. The molecule has 2 aliphatic rings. The minimum atomic E-state index is 0.321. The summed E-state index contributed by atoms with van der Waals surface area (Å²) in [5.41, 5.74) is 2.66. The molecule has 114 valence electrons. The monoisotopic (exact) mass is 286 g/mol. The van der Waals surface area contributed by atoms with Crippen molar-refractivity contribution < 1.29 is 4.79 Å². The third kappa shape index (κ3) is 3.29. The van der Waals surface area contributed by atoms with E-state index in [0.29, 0.717) is 18.2 Å². The zero-order chi connectivity index (χ0) is 14.8. The van der Waals surface area contributed by atoms with E-state index in [-0.39, 0.29) is 0 Å². The van der Waals surface area contributed by atoms with Gasteiger partial charge < -0.3 is 4.90 Å². The van der Waals surface area contributed by atoms with Gasteiger partial charge in [0.2, 0.25) is 5.91 Å². The summed E-state index contributed by atoms with van der Waals surface area (Å²) in [6, 6.07) is 8.48. The first-order valence-electron chi connectivity index (χ1n) is 8.19. The molecule has 0 aromatic heterocycles. The summed E-state index contributed by atoms with van der Waals surface area (Å²) in [5.74, 6) is 1.54. The van der Waals surface area contributed by atoms with Crippen molar-refractivity contribution in [1.82, 2.24) is 9.80 Å². The van der Waals surface area contributed by atoms with Crippen LogP contribution in [-0.2, 0) is 4.79 Å². The van der Waals surface area contributed by atoms with Gasteiger partial charge in [-0.1, -0.05) is 31.2 Å². The van der Waals surface area contributed by atoms with E-state index in [1.165, 1.54) is 24.0 Å². The smallest absolute Gasteiger partial charge is 0.224 e. The quantitative estimate of drug-likeness (QED) is 0.853. The molecule has 3 nitrogen and oxygen atoms in total. The van der Waals surface area contributed by atoms with Crippen molar-refractivity contribution >= 4 is 5.91 Å². The third-order valence-electron chi connectivity index (χ3n) is 5.09. The molecule has 1 aromatic carbocycles. The van der Waals surface area contributed by atoms with Gasteiger partial charge in [-0.25, -0.2) is 0 Å². The van der Waals surface area contributed by atoms with Crippen molar-refractivity contribution in [3.05, 3.63) is 35.4 Å². The lowest BCUT2D eigenvalue weighted by molar-refractivity contribution is -0.129. The molecule has 2 fully saturated rings. The number of hydrogen-bond donors (Lipinski definition) is 0. The maximum atomic E-state index is 12.3. The molecule has 2 aliphatic heterocycles. The molecule has 2 heterocycles. The number of hydrogen-bond acceptors (Lipinski definition) is 2. The first-order chi connectivity index (χ1) is 10.1. The highest BCUT2D eigenvalue weighted by Crippen LogP contribution is 2.30. The number of amides is 1. The Labute approximate surface area is 127 Å². The van der Waals surface area contributed by atoms with Gasteiger partial charge in [0.1, 0.15) is 0 Å². The molecule has 3 rings (SSSR count). The zero-order valence-electron chi connectivity index (χ0n) is 13.2. The Bertz CT molecular complexity index is 506. The van der Waals surface area contributed by atoms with E-state index in [2.05, 4.69) is 47.9 Å². The lowest BCUT2D eigenvalue weighted by Crippen LogP contribution is -2.42. The normalized spacial score (nSPS) is 24.8. The Kier molecular flexibility index (Phi) is 4.29. The summed E-state index contributed by atoms with van der Waals surface area (Å²) in [6.07, 6.45) is 3.21. The van der Waals surface area contributed by atoms with Crippen molar-refractivity contribution in [3.8, 4) is 0 Å². The van der Waals surface area contributed by atoms with E-state index in [1.807, 2.05) is 0 Å². The number of carbonyl (C=O) groups is 1. The fourth-order valence-electron chi connectivity index (χ4n) is 3.61. The molecule has 0 saturated carbocycles. The molecule has 2 saturated heterocycles. The predicted molar refractivity (Wildman–Crippen MR) is 85.1 cm³/mol. The van der Waals surface area contributed by atoms with E-state index >= 15 is 0 Å². The van der Waals surface area contributed by atoms with Gasteiger partial charge in [-0.05, 0) is 36.8 Å². The summed E-state index contributed by atoms with van der Waals surface area (Å²) in [7, 11) is 0. The molecule has 0 N–H and O–H groups in total. The Morgan fingerprint density at radius 3 is 2.62 bits per heavy atom. The molecular weight excluding hydrogens is 260 g/mol. The molecular formula is C18H26N2O. The van der Waals surface area contributed by atoms with Crippen LogP contribution in [0.2, 0.25) is 0 Å². The summed E-state index contributed by atoms with van der Waals surface area (Å²) < 4.78 is 0. The lowest BCUT2D eigenvalue weighted by atomic mass is 9.94. The summed E-state index contributed by atoms with van der Waals surface area (Å²) >= 11 is 0. The third-order valence-corrected chi connectivity index (χ3v) is 5.09. The van der Waals surface area contributed by atoms with Crippen LogP contribution in [-0.4, -0.2) is 42.0 Å². The highest BCUT2D eigenvalue weighted by Gasteiger charge is 2.32. The van der Waals surface area contributed by atoms with Gasteiger partial charge in [-0.2, -0.15) is 0 Å². The number of piperidine rings is 1. The maximum absolute atomic E-state index is 12.3. The first-order valence-corrected chi connectivity index (χ1v) is 8.19. The van der Waals surface area contributed by atoms with Crippen molar-refractivity contribution in [2.24, 2.45) is 5.92 Å².